The molecule has 0 bridgehead atoms. The zero-order valence-corrected chi connectivity index (χ0v) is 12.4. The summed E-state index contributed by atoms with van der Waals surface area (Å²) in [4.78, 5) is 0. The number of rotatable bonds is 7. The first-order chi connectivity index (χ1) is 9.70. The fourth-order valence-electron chi connectivity index (χ4n) is 2.27. The molecule has 1 unspecified atom stereocenters. The molecular formula is C18H24N2. The summed E-state index contributed by atoms with van der Waals surface area (Å²) in [5.74, 6) is 0.489. The van der Waals surface area contributed by atoms with E-state index in [-0.39, 0.29) is 0 Å². The highest BCUT2D eigenvalue weighted by Crippen LogP contribution is 2.16. The van der Waals surface area contributed by atoms with E-state index in [4.69, 9.17) is 0 Å². The Bertz CT molecular complexity index is 574. The standard InChI is InChI=1S/C18H24N2/c1-14(10-11-19-3)15(2)20-13-16-8-9-17-6-4-5-7-18(17)12-16/h4-9,12,14,19-20H,2,10-11,13H2,1,3H3. The third kappa shape index (κ3) is 3.84. The van der Waals surface area contributed by atoms with Gasteiger partial charge < -0.3 is 10.6 Å². The lowest BCUT2D eigenvalue weighted by Crippen LogP contribution is -2.20. The van der Waals surface area contributed by atoms with Gasteiger partial charge in [-0.2, -0.15) is 0 Å². The van der Waals surface area contributed by atoms with Gasteiger partial charge in [0, 0.05) is 12.2 Å². The number of fused-ring (bicyclic) bond motifs is 1. The van der Waals surface area contributed by atoms with Gasteiger partial charge in [-0.25, -0.2) is 0 Å². The van der Waals surface area contributed by atoms with Crippen molar-refractivity contribution in [1.29, 1.82) is 0 Å². The van der Waals surface area contributed by atoms with Crippen LogP contribution in [0.4, 0.5) is 0 Å². The average Bonchev–Trinajstić information content (AvgIpc) is 2.50. The topological polar surface area (TPSA) is 24.1 Å². The van der Waals surface area contributed by atoms with E-state index >= 15 is 0 Å². The predicted octanol–water partition coefficient (Wildman–Crippen LogP) is 3.69. The molecule has 2 N–H and O–H groups in total. The van der Waals surface area contributed by atoms with Crippen molar-refractivity contribution in [2.45, 2.75) is 19.9 Å². The molecule has 0 saturated carbocycles. The van der Waals surface area contributed by atoms with Crippen molar-refractivity contribution in [1.82, 2.24) is 10.6 Å². The van der Waals surface area contributed by atoms with Crippen LogP contribution in [0.25, 0.3) is 10.8 Å². The SMILES string of the molecule is C=C(NCc1ccc2ccccc2c1)C(C)CCNC. The Balaban J connectivity index is 1.93. The average molecular weight is 268 g/mol. The third-order valence-electron chi connectivity index (χ3n) is 3.76. The van der Waals surface area contributed by atoms with Crippen molar-refractivity contribution in [3.8, 4) is 0 Å². The number of allylic oxidation sites excluding steroid dienone is 1. The maximum atomic E-state index is 4.15. The van der Waals surface area contributed by atoms with E-state index < -0.39 is 0 Å². The minimum absolute atomic E-state index is 0.489. The van der Waals surface area contributed by atoms with Crippen molar-refractivity contribution in [3.63, 3.8) is 0 Å². The fourth-order valence-corrected chi connectivity index (χ4v) is 2.27. The van der Waals surface area contributed by atoms with Crippen LogP contribution in [-0.4, -0.2) is 13.6 Å². The van der Waals surface area contributed by atoms with E-state index in [0.717, 1.165) is 25.2 Å². The molecule has 0 heterocycles. The lowest BCUT2D eigenvalue weighted by atomic mass is 10.0. The molecule has 2 nitrogen and oxygen atoms in total. The smallest absolute Gasteiger partial charge is 0.0397 e. The molecule has 0 fully saturated rings. The van der Waals surface area contributed by atoms with Gasteiger partial charge >= 0.3 is 0 Å². The second-order valence-corrected chi connectivity index (χ2v) is 5.35. The molecular weight excluding hydrogens is 244 g/mol. The quantitative estimate of drug-likeness (QED) is 0.800. The fraction of sp³-hybridized carbons (Fsp3) is 0.333. The normalized spacial score (nSPS) is 12.3. The van der Waals surface area contributed by atoms with Crippen molar-refractivity contribution >= 4 is 10.8 Å². The van der Waals surface area contributed by atoms with Crippen molar-refractivity contribution in [2.75, 3.05) is 13.6 Å². The van der Waals surface area contributed by atoms with Crippen LogP contribution < -0.4 is 10.6 Å². The van der Waals surface area contributed by atoms with Crippen LogP contribution in [0.5, 0.6) is 0 Å². The van der Waals surface area contributed by atoms with E-state index in [9.17, 15) is 0 Å². The van der Waals surface area contributed by atoms with Crippen LogP contribution in [0.3, 0.4) is 0 Å². The van der Waals surface area contributed by atoms with Crippen LogP contribution in [0.2, 0.25) is 0 Å². The van der Waals surface area contributed by atoms with Gasteiger partial charge in [0.2, 0.25) is 0 Å². The van der Waals surface area contributed by atoms with Crippen molar-refractivity contribution in [3.05, 3.63) is 60.3 Å². The molecule has 1 atom stereocenters. The Morgan fingerprint density at radius 3 is 2.65 bits per heavy atom. The summed E-state index contributed by atoms with van der Waals surface area (Å²) in [6, 6.07) is 15.1. The number of hydrogen-bond acceptors (Lipinski definition) is 2. The minimum Gasteiger partial charge on any atom is -0.385 e. The second kappa shape index (κ2) is 7.11. The lowest BCUT2D eigenvalue weighted by molar-refractivity contribution is 0.545. The highest BCUT2D eigenvalue weighted by atomic mass is 14.9. The first kappa shape index (κ1) is 14.6. The summed E-state index contributed by atoms with van der Waals surface area (Å²) in [5.41, 5.74) is 2.42. The van der Waals surface area contributed by atoms with E-state index in [0.29, 0.717) is 5.92 Å². The molecule has 0 saturated heterocycles. The highest BCUT2D eigenvalue weighted by molar-refractivity contribution is 5.82. The van der Waals surface area contributed by atoms with Gasteiger partial charge in [-0.15, -0.1) is 0 Å². The Morgan fingerprint density at radius 1 is 1.15 bits per heavy atom. The zero-order chi connectivity index (χ0) is 14.4. The van der Waals surface area contributed by atoms with Crippen LogP contribution >= 0.6 is 0 Å². The summed E-state index contributed by atoms with van der Waals surface area (Å²) in [6.45, 7) is 8.23. The van der Waals surface area contributed by atoms with Gasteiger partial charge in [0.15, 0.2) is 0 Å². The van der Waals surface area contributed by atoms with Gasteiger partial charge in [0.05, 0.1) is 0 Å². The first-order valence-electron chi connectivity index (χ1n) is 7.25. The van der Waals surface area contributed by atoms with Gasteiger partial charge in [-0.05, 0) is 48.3 Å². The first-order valence-corrected chi connectivity index (χ1v) is 7.25. The molecule has 2 aromatic rings. The molecule has 106 valence electrons. The molecule has 0 radical (unpaired) electrons. The Morgan fingerprint density at radius 2 is 1.90 bits per heavy atom. The molecule has 2 aromatic carbocycles. The minimum atomic E-state index is 0.489. The van der Waals surface area contributed by atoms with Crippen LogP contribution in [0.15, 0.2) is 54.7 Å². The molecule has 2 heteroatoms. The molecule has 0 aliphatic heterocycles. The summed E-state index contributed by atoms with van der Waals surface area (Å²) in [6.07, 6.45) is 1.11. The molecule has 0 aromatic heterocycles. The van der Waals surface area contributed by atoms with E-state index in [1.807, 2.05) is 7.05 Å². The Labute approximate surface area is 121 Å². The van der Waals surface area contributed by atoms with Crippen LogP contribution in [0.1, 0.15) is 18.9 Å². The summed E-state index contributed by atoms with van der Waals surface area (Å²) in [5, 5.41) is 9.21. The molecule has 0 aliphatic carbocycles. The summed E-state index contributed by atoms with van der Waals surface area (Å²) < 4.78 is 0. The summed E-state index contributed by atoms with van der Waals surface area (Å²) >= 11 is 0. The van der Waals surface area contributed by atoms with Gasteiger partial charge in [-0.3, -0.25) is 0 Å². The largest absolute Gasteiger partial charge is 0.385 e. The van der Waals surface area contributed by atoms with Gasteiger partial charge in [-0.1, -0.05) is 49.9 Å². The van der Waals surface area contributed by atoms with E-state index in [2.05, 4.69) is 66.6 Å². The molecule has 0 amide bonds. The lowest BCUT2D eigenvalue weighted by Gasteiger charge is -2.17. The monoisotopic (exact) mass is 268 g/mol. The maximum Gasteiger partial charge on any atom is 0.0397 e. The van der Waals surface area contributed by atoms with Gasteiger partial charge in [0.25, 0.3) is 0 Å². The van der Waals surface area contributed by atoms with Crippen LogP contribution in [-0.2, 0) is 6.54 Å². The molecule has 20 heavy (non-hydrogen) atoms. The highest BCUT2D eigenvalue weighted by Gasteiger charge is 2.05. The Kier molecular flexibility index (Phi) is 5.19. The molecule has 0 aliphatic rings. The third-order valence-corrected chi connectivity index (χ3v) is 3.76. The van der Waals surface area contributed by atoms with Crippen LogP contribution in [0, 0.1) is 5.92 Å². The Hall–Kier alpha value is -1.80. The second-order valence-electron chi connectivity index (χ2n) is 5.35. The maximum absolute atomic E-state index is 4.15. The van der Waals surface area contributed by atoms with Crippen molar-refractivity contribution in [2.24, 2.45) is 5.92 Å². The number of hydrogen-bond donors (Lipinski definition) is 2. The molecule has 0 spiro atoms. The zero-order valence-electron chi connectivity index (χ0n) is 12.4. The molecule has 2 rings (SSSR count). The van der Waals surface area contributed by atoms with Crippen molar-refractivity contribution < 1.29 is 0 Å². The predicted molar refractivity (Wildman–Crippen MR) is 87.6 cm³/mol. The van der Waals surface area contributed by atoms with E-state index in [1.54, 1.807) is 0 Å². The van der Waals surface area contributed by atoms with E-state index in [1.165, 1.54) is 16.3 Å². The van der Waals surface area contributed by atoms with Gasteiger partial charge in [0.1, 0.15) is 0 Å². The number of benzene rings is 2. The number of nitrogens with one attached hydrogen (secondary N) is 2. The summed E-state index contributed by atoms with van der Waals surface area (Å²) in [7, 11) is 1.98.